The van der Waals surface area contributed by atoms with E-state index in [2.05, 4.69) is 15.6 Å². The Morgan fingerprint density at radius 2 is 2.17 bits per heavy atom. The molecule has 0 spiro atoms. The Hall–Kier alpha value is -2.20. The SMILES string of the molecule is CN(C(=O)C[C@@H](N)CCCCN)[C@H]1CN=C(NC(N)=O)NC1=O. The molecule has 1 aliphatic heterocycles. The predicted octanol–water partition coefficient (Wildman–Crippen LogP) is -2.19. The van der Waals surface area contributed by atoms with Crippen LogP contribution in [-0.2, 0) is 9.59 Å². The van der Waals surface area contributed by atoms with Crippen LogP contribution in [0.15, 0.2) is 4.99 Å². The van der Waals surface area contributed by atoms with Gasteiger partial charge in [0, 0.05) is 19.5 Å². The van der Waals surface area contributed by atoms with Gasteiger partial charge in [-0.05, 0) is 19.4 Å². The number of unbranched alkanes of at least 4 members (excludes halogenated alkanes) is 1. The highest BCUT2D eigenvalue weighted by molar-refractivity contribution is 6.07. The first-order valence-corrected chi connectivity index (χ1v) is 7.48. The maximum absolute atomic E-state index is 12.2. The van der Waals surface area contributed by atoms with Crippen LogP contribution < -0.4 is 27.8 Å². The summed E-state index contributed by atoms with van der Waals surface area (Å²) in [4.78, 5) is 40.2. The second-order valence-corrected chi connectivity index (χ2v) is 5.44. The van der Waals surface area contributed by atoms with Crippen LogP contribution in [0.5, 0.6) is 0 Å². The van der Waals surface area contributed by atoms with Crippen molar-refractivity contribution in [1.82, 2.24) is 15.5 Å². The number of hydrogen-bond donors (Lipinski definition) is 5. The zero-order chi connectivity index (χ0) is 17.4. The molecule has 0 aliphatic carbocycles. The number of carbonyl (C=O) groups excluding carboxylic acids is 3. The van der Waals surface area contributed by atoms with E-state index in [1.54, 1.807) is 0 Å². The van der Waals surface area contributed by atoms with Gasteiger partial charge in [-0.3, -0.25) is 20.2 Å². The zero-order valence-corrected chi connectivity index (χ0v) is 13.2. The number of nitrogens with two attached hydrogens (primary N) is 3. The summed E-state index contributed by atoms with van der Waals surface area (Å²) in [6, 6.07) is -1.83. The number of rotatable bonds is 7. The van der Waals surface area contributed by atoms with E-state index in [1.807, 2.05) is 0 Å². The molecule has 4 amide bonds. The molecule has 0 aromatic heterocycles. The van der Waals surface area contributed by atoms with Crippen molar-refractivity contribution in [2.45, 2.75) is 37.8 Å². The lowest BCUT2D eigenvalue weighted by atomic mass is 10.1. The lowest BCUT2D eigenvalue weighted by molar-refractivity contribution is -0.138. The Labute approximate surface area is 134 Å². The second-order valence-electron chi connectivity index (χ2n) is 5.44. The van der Waals surface area contributed by atoms with Crippen molar-refractivity contribution in [2.75, 3.05) is 20.1 Å². The molecule has 1 rings (SSSR count). The Morgan fingerprint density at radius 1 is 1.48 bits per heavy atom. The lowest BCUT2D eigenvalue weighted by Gasteiger charge is -2.30. The van der Waals surface area contributed by atoms with Crippen LogP contribution in [0.3, 0.4) is 0 Å². The summed E-state index contributed by atoms with van der Waals surface area (Å²) in [6.07, 6.45) is 2.59. The highest BCUT2D eigenvalue weighted by atomic mass is 16.2. The number of nitrogens with zero attached hydrogens (tertiary/aromatic N) is 2. The molecule has 0 radical (unpaired) electrons. The second kappa shape index (κ2) is 9.06. The maximum Gasteiger partial charge on any atom is 0.318 e. The molecule has 130 valence electrons. The van der Waals surface area contributed by atoms with E-state index in [4.69, 9.17) is 17.2 Å². The maximum atomic E-state index is 12.2. The molecule has 0 bridgehead atoms. The van der Waals surface area contributed by atoms with Crippen LogP contribution in [-0.4, -0.2) is 60.9 Å². The number of aliphatic imine (C=N–C) groups is 1. The van der Waals surface area contributed by atoms with Gasteiger partial charge in [0.15, 0.2) is 0 Å². The van der Waals surface area contributed by atoms with Crippen molar-refractivity contribution in [2.24, 2.45) is 22.2 Å². The molecule has 1 heterocycles. The number of urea groups is 1. The summed E-state index contributed by atoms with van der Waals surface area (Å²) in [5, 5.41) is 4.57. The third-order valence-corrected chi connectivity index (χ3v) is 3.53. The van der Waals surface area contributed by atoms with Crippen molar-refractivity contribution < 1.29 is 14.4 Å². The van der Waals surface area contributed by atoms with E-state index in [0.29, 0.717) is 13.0 Å². The van der Waals surface area contributed by atoms with Gasteiger partial charge in [0.05, 0.1) is 6.54 Å². The van der Waals surface area contributed by atoms with E-state index in [1.165, 1.54) is 11.9 Å². The number of nitrogens with one attached hydrogen (secondary N) is 2. The summed E-state index contributed by atoms with van der Waals surface area (Å²) in [7, 11) is 1.53. The summed E-state index contributed by atoms with van der Waals surface area (Å²) in [6.45, 7) is 0.647. The van der Waals surface area contributed by atoms with Crippen LogP contribution in [0.1, 0.15) is 25.7 Å². The number of guanidine groups is 1. The number of primary amides is 1. The van der Waals surface area contributed by atoms with E-state index < -0.39 is 18.0 Å². The average Bonchev–Trinajstić information content (AvgIpc) is 2.46. The van der Waals surface area contributed by atoms with E-state index in [9.17, 15) is 14.4 Å². The normalized spacial score (nSPS) is 18.7. The summed E-state index contributed by atoms with van der Waals surface area (Å²) in [5.74, 6) is -0.679. The number of likely N-dealkylation sites (N-methyl/N-ethyl adjacent to an activating group) is 1. The van der Waals surface area contributed by atoms with Gasteiger partial charge in [-0.15, -0.1) is 0 Å². The quantitative estimate of drug-likeness (QED) is 0.334. The van der Waals surface area contributed by atoms with Crippen molar-refractivity contribution >= 4 is 23.8 Å². The fourth-order valence-corrected chi connectivity index (χ4v) is 2.18. The Bertz CT molecular complexity index is 480. The van der Waals surface area contributed by atoms with Crippen molar-refractivity contribution in [3.05, 3.63) is 0 Å². The summed E-state index contributed by atoms with van der Waals surface area (Å²) in [5.41, 5.74) is 16.3. The molecule has 10 nitrogen and oxygen atoms in total. The molecule has 0 saturated carbocycles. The Morgan fingerprint density at radius 3 is 2.74 bits per heavy atom. The minimum Gasteiger partial charge on any atom is -0.351 e. The third kappa shape index (κ3) is 6.20. The summed E-state index contributed by atoms with van der Waals surface area (Å²) >= 11 is 0. The fraction of sp³-hybridized carbons (Fsp3) is 0.692. The van der Waals surface area contributed by atoms with Crippen molar-refractivity contribution in [3.63, 3.8) is 0 Å². The van der Waals surface area contributed by atoms with Crippen LogP contribution in [0, 0.1) is 0 Å². The average molecular weight is 327 g/mol. The molecule has 0 aromatic carbocycles. The molecule has 0 unspecified atom stereocenters. The lowest BCUT2D eigenvalue weighted by Crippen LogP contribution is -2.58. The van der Waals surface area contributed by atoms with Gasteiger partial charge >= 0.3 is 6.03 Å². The first-order chi connectivity index (χ1) is 10.8. The van der Waals surface area contributed by atoms with E-state index in [-0.39, 0.29) is 30.9 Å². The molecular weight excluding hydrogens is 302 g/mol. The van der Waals surface area contributed by atoms with Gasteiger partial charge in [0.25, 0.3) is 5.91 Å². The Balaban J connectivity index is 2.51. The number of hydrogen-bond acceptors (Lipinski definition) is 6. The minimum atomic E-state index is -0.824. The van der Waals surface area contributed by atoms with E-state index >= 15 is 0 Å². The van der Waals surface area contributed by atoms with Crippen molar-refractivity contribution in [3.8, 4) is 0 Å². The molecule has 0 saturated heterocycles. The topological polar surface area (TPSA) is 169 Å². The van der Waals surface area contributed by atoms with Crippen LogP contribution >= 0.6 is 0 Å². The highest BCUT2D eigenvalue weighted by Crippen LogP contribution is 2.08. The first-order valence-electron chi connectivity index (χ1n) is 7.48. The molecule has 8 N–H and O–H groups in total. The first kappa shape index (κ1) is 18.8. The molecule has 10 heteroatoms. The standard InChI is InChI=1S/C13H25N7O3/c1-20(10(21)6-8(15)4-2-3-5-14)9-7-17-13(18-11(9)22)19-12(16)23/h8-9H,2-7,14-15H2,1H3,(H4,16,17,18,19,22,23)/t8-,9-/m0/s1. The number of amides is 4. The third-order valence-electron chi connectivity index (χ3n) is 3.53. The van der Waals surface area contributed by atoms with Gasteiger partial charge in [0.2, 0.25) is 11.9 Å². The van der Waals surface area contributed by atoms with Gasteiger partial charge in [-0.25, -0.2) is 9.79 Å². The highest BCUT2D eigenvalue weighted by Gasteiger charge is 2.31. The van der Waals surface area contributed by atoms with Crippen LogP contribution in [0.4, 0.5) is 4.79 Å². The predicted molar refractivity (Wildman–Crippen MR) is 85.2 cm³/mol. The molecule has 23 heavy (non-hydrogen) atoms. The van der Waals surface area contributed by atoms with Gasteiger partial charge in [0.1, 0.15) is 6.04 Å². The molecule has 1 aliphatic rings. The summed E-state index contributed by atoms with van der Waals surface area (Å²) < 4.78 is 0. The smallest absolute Gasteiger partial charge is 0.318 e. The number of carbonyl (C=O) groups is 3. The molecule has 0 fully saturated rings. The van der Waals surface area contributed by atoms with Gasteiger partial charge < -0.3 is 22.1 Å². The van der Waals surface area contributed by atoms with Gasteiger partial charge in [-0.2, -0.15) is 0 Å². The molecular formula is C13H25N7O3. The van der Waals surface area contributed by atoms with Crippen molar-refractivity contribution in [1.29, 1.82) is 0 Å². The monoisotopic (exact) mass is 327 g/mol. The molecule has 2 atom stereocenters. The van der Waals surface area contributed by atoms with Gasteiger partial charge in [-0.1, -0.05) is 6.42 Å². The zero-order valence-electron chi connectivity index (χ0n) is 13.2. The van der Waals surface area contributed by atoms with E-state index in [0.717, 1.165) is 12.8 Å². The van der Waals surface area contributed by atoms with Crippen LogP contribution in [0.25, 0.3) is 0 Å². The minimum absolute atomic E-state index is 0.0157. The Kier molecular flexibility index (Phi) is 7.42. The fourth-order valence-electron chi connectivity index (χ4n) is 2.18. The molecule has 0 aromatic rings. The largest absolute Gasteiger partial charge is 0.351 e. The van der Waals surface area contributed by atoms with Crippen LogP contribution in [0.2, 0.25) is 0 Å².